The van der Waals surface area contributed by atoms with Crippen molar-refractivity contribution in [3.63, 3.8) is 0 Å². The van der Waals surface area contributed by atoms with Crippen molar-refractivity contribution < 1.29 is 5.11 Å². The topological polar surface area (TPSA) is 23.5 Å². The van der Waals surface area contributed by atoms with Crippen LogP contribution in [0.4, 0.5) is 11.4 Å². The van der Waals surface area contributed by atoms with E-state index in [-0.39, 0.29) is 0 Å². The van der Waals surface area contributed by atoms with Crippen LogP contribution in [0.1, 0.15) is 25.3 Å². The smallest absolute Gasteiger partial charge is 0.115 e. The van der Waals surface area contributed by atoms with Crippen LogP contribution in [0.15, 0.2) is 48.5 Å². The number of phenols is 1. The minimum absolute atomic E-state index is 0.309. The Morgan fingerprint density at radius 1 is 1.00 bits per heavy atom. The third kappa shape index (κ3) is 3.28. The van der Waals surface area contributed by atoms with Crippen molar-refractivity contribution in [3.05, 3.63) is 54.1 Å². The van der Waals surface area contributed by atoms with Crippen molar-refractivity contribution in [3.8, 4) is 5.75 Å². The lowest BCUT2D eigenvalue weighted by atomic mass is 10.1. The zero-order valence-electron chi connectivity index (χ0n) is 11.6. The van der Waals surface area contributed by atoms with Crippen LogP contribution in [0, 0.1) is 6.92 Å². The molecule has 100 valence electrons. The number of phenolic OH excluding ortho intramolecular Hbond substituents is 1. The van der Waals surface area contributed by atoms with Crippen LogP contribution in [0.3, 0.4) is 0 Å². The number of nitrogens with zero attached hydrogens (tertiary/aromatic N) is 1. The van der Waals surface area contributed by atoms with Crippen molar-refractivity contribution in [2.45, 2.75) is 26.7 Å². The summed E-state index contributed by atoms with van der Waals surface area (Å²) in [5.41, 5.74) is 3.63. The Hall–Kier alpha value is -1.96. The third-order valence-corrected chi connectivity index (χ3v) is 3.30. The third-order valence-electron chi connectivity index (χ3n) is 3.30. The number of aromatic hydroxyl groups is 1. The first kappa shape index (κ1) is 13.5. The van der Waals surface area contributed by atoms with Crippen molar-refractivity contribution in [2.75, 3.05) is 11.4 Å². The highest BCUT2D eigenvalue weighted by molar-refractivity contribution is 5.66. The molecule has 1 N–H and O–H groups in total. The Bertz CT molecular complexity index is 519. The van der Waals surface area contributed by atoms with Crippen LogP contribution in [0.5, 0.6) is 5.75 Å². The molecule has 2 aromatic carbocycles. The second kappa shape index (κ2) is 6.28. The largest absolute Gasteiger partial charge is 0.508 e. The number of aryl methyl sites for hydroxylation is 1. The molecule has 0 heterocycles. The number of rotatable bonds is 5. The molecular weight excluding hydrogens is 234 g/mol. The normalized spacial score (nSPS) is 10.4. The van der Waals surface area contributed by atoms with Gasteiger partial charge < -0.3 is 10.0 Å². The highest BCUT2D eigenvalue weighted by Crippen LogP contribution is 2.29. The number of anilines is 2. The number of para-hydroxylation sites is 1. The van der Waals surface area contributed by atoms with Crippen LogP contribution in [-0.4, -0.2) is 11.7 Å². The number of hydrogen-bond acceptors (Lipinski definition) is 2. The molecule has 0 radical (unpaired) electrons. The second-order valence-corrected chi connectivity index (χ2v) is 4.81. The van der Waals surface area contributed by atoms with Crippen molar-refractivity contribution in [1.82, 2.24) is 0 Å². The molecule has 2 heteroatoms. The zero-order chi connectivity index (χ0) is 13.7. The van der Waals surface area contributed by atoms with Gasteiger partial charge >= 0.3 is 0 Å². The summed E-state index contributed by atoms with van der Waals surface area (Å²) in [6.07, 6.45) is 2.32. The predicted molar refractivity (Wildman–Crippen MR) is 81.2 cm³/mol. The molecular formula is C17H21NO. The number of unbranched alkanes of at least 4 members (excludes halogenated alkanes) is 1. The monoisotopic (exact) mass is 255 g/mol. The van der Waals surface area contributed by atoms with E-state index in [1.807, 2.05) is 12.1 Å². The van der Waals surface area contributed by atoms with Gasteiger partial charge in [0.25, 0.3) is 0 Å². The van der Waals surface area contributed by atoms with E-state index in [0.29, 0.717) is 5.75 Å². The molecule has 0 spiro atoms. The van der Waals surface area contributed by atoms with Crippen molar-refractivity contribution in [1.29, 1.82) is 0 Å². The maximum absolute atomic E-state index is 9.42. The van der Waals surface area contributed by atoms with Gasteiger partial charge in [-0.1, -0.05) is 31.5 Å². The van der Waals surface area contributed by atoms with E-state index >= 15 is 0 Å². The molecule has 2 rings (SSSR count). The molecule has 0 aliphatic carbocycles. The van der Waals surface area contributed by atoms with E-state index in [0.717, 1.165) is 18.7 Å². The fourth-order valence-electron chi connectivity index (χ4n) is 2.20. The molecule has 0 bridgehead atoms. The lowest BCUT2D eigenvalue weighted by Gasteiger charge is -2.26. The van der Waals surface area contributed by atoms with Gasteiger partial charge in [-0.05, 0) is 49.2 Å². The number of hydrogen-bond donors (Lipinski definition) is 1. The summed E-state index contributed by atoms with van der Waals surface area (Å²) in [5.74, 6) is 0.309. The van der Waals surface area contributed by atoms with Gasteiger partial charge in [0.15, 0.2) is 0 Å². The minimum Gasteiger partial charge on any atom is -0.508 e. The van der Waals surface area contributed by atoms with E-state index in [1.165, 1.54) is 17.7 Å². The first-order valence-electron chi connectivity index (χ1n) is 6.84. The quantitative estimate of drug-likeness (QED) is 0.841. The minimum atomic E-state index is 0.309. The summed E-state index contributed by atoms with van der Waals surface area (Å²) < 4.78 is 0. The highest BCUT2D eigenvalue weighted by Gasteiger charge is 2.10. The van der Waals surface area contributed by atoms with E-state index in [2.05, 4.69) is 43.0 Å². The highest BCUT2D eigenvalue weighted by atomic mass is 16.3. The van der Waals surface area contributed by atoms with Crippen molar-refractivity contribution in [2.24, 2.45) is 0 Å². The fourth-order valence-corrected chi connectivity index (χ4v) is 2.20. The van der Waals surface area contributed by atoms with Gasteiger partial charge in [-0.15, -0.1) is 0 Å². The first-order chi connectivity index (χ1) is 9.22. The Kier molecular flexibility index (Phi) is 4.45. The number of benzene rings is 2. The standard InChI is InChI=1S/C17H21NO/c1-3-4-13-18(15-9-11-16(19)12-10-15)17-8-6-5-7-14(17)2/h5-12,19H,3-4,13H2,1-2H3. The molecule has 2 nitrogen and oxygen atoms in total. The molecule has 0 unspecified atom stereocenters. The summed E-state index contributed by atoms with van der Waals surface area (Å²) in [6, 6.07) is 15.8. The van der Waals surface area contributed by atoms with E-state index < -0.39 is 0 Å². The molecule has 0 saturated carbocycles. The zero-order valence-corrected chi connectivity index (χ0v) is 11.6. The Morgan fingerprint density at radius 2 is 1.68 bits per heavy atom. The van der Waals surface area contributed by atoms with Gasteiger partial charge in [0.05, 0.1) is 0 Å². The second-order valence-electron chi connectivity index (χ2n) is 4.81. The molecule has 19 heavy (non-hydrogen) atoms. The first-order valence-corrected chi connectivity index (χ1v) is 6.84. The van der Waals surface area contributed by atoms with E-state index in [1.54, 1.807) is 12.1 Å². The Labute approximate surface area is 115 Å². The summed E-state index contributed by atoms with van der Waals surface area (Å²) in [6.45, 7) is 5.33. The molecule has 0 amide bonds. The average Bonchev–Trinajstić information content (AvgIpc) is 2.43. The van der Waals surface area contributed by atoms with E-state index in [4.69, 9.17) is 0 Å². The van der Waals surface area contributed by atoms with Crippen LogP contribution in [-0.2, 0) is 0 Å². The van der Waals surface area contributed by atoms with Crippen LogP contribution in [0.25, 0.3) is 0 Å². The molecule has 2 aromatic rings. The Balaban J connectivity index is 2.35. The molecule has 0 saturated heterocycles. The summed E-state index contributed by atoms with van der Waals surface area (Å²) >= 11 is 0. The van der Waals surface area contributed by atoms with Gasteiger partial charge in [0.1, 0.15) is 5.75 Å². The summed E-state index contributed by atoms with van der Waals surface area (Å²) in [7, 11) is 0. The molecule has 0 aromatic heterocycles. The Morgan fingerprint density at radius 3 is 2.32 bits per heavy atom. The maximum atomic E-state index is 9.42. The van der Waals surface area contributed by atoms with Gasteiger partial charge in [-0.2, -0.15) is 0 Å². The fraction of sp³-hybridized carbons (Fsp3) is 0.294. The summed E-state index contributed by atoms with van der Waals surface area (Å²) in [4.78, 5) is 2.32. The molecule has 0 fully saturated rings. The van der Waals surface area contributed by atoms with Gasteiger partial charge in [-0.25, -0.2) is 0 Å². The maximum Gasteiger partial charge on any atom is 0.115 e. The predicted octanol–water partition coefficient (Wildman–Crippen LogP) is 4.64. The average molecular weight is 255 g/mol. The van der Waals surface area contributed by atoms with Gasteiger partial charge in [-0.3, -0.25) is 0 Å². The lowest BCUT2D eigenvalue weighted by molar-refractivity contribution is 0.475. The van der Waals surface area contributed by atoms with Crippen LogP contribution < -0.4 is 4.90 Å². The van der Waals surface area contributed by atoms with E-state index in [9.17, 15) is 5.11 Å². The molecule has 0 atom stereocenters. The molecule has 0 aliphatic heterocycles. The summed E-state index contributed by atoms with van der Waals surface area (Å²) in [5, 5.41) is 9.42. The van der Waals surface area contributed by atoms with Crippen LogP contribution >= 0.6 is 0 Å². The van der Waals surface area contributed by atoms with Crippen LogP contribution in [0.2, 0.25) is 0 Å². The van der Waals surface area contributed by atoms with Gasteiger partial charge in [0, 0.05) is 17.9 Å². The SMILES string of the molecule is CCCCN(c1ccc(O)cc1)c1ccccc1C. The van der Waals surface area contributed by atoms with Gasteiger partial charge in [0.2, 0.25) is 0 Å². The molecule has 0 aliphatic rings. The van der Waals surface area contributed by atoms with Crippen molar-refractivity contribution >= 4 is 11.4 Å². The lowest BCUT2D eigenvalue weighted by Crippen LogP contribution is -2.19.